The summed E-state index contributed by atoms with van der Waals surface area (Å²) < 4.78 is 13.4. The SMILES string of the molecule is O=C([O-])N1CCN(c2ccccc2F)CC1. The average molecular weight is 223 g/mol. The van der Waals surface area contributed by atoms with E-state index >= 15 is 0 Å². The van der Waals surface area contributed by atoms with E-state index in [-0.39, 0.29) is 5.82 Å². The Morgan fingerprint density at radius 3 is 2.38 bits per heavy atom. The molecule has 1 saturated heterocycles. The predicted molar refractivity (Wildman–Crippen MR) is 55.6 cm³/mol. The molecule has 1 heterocycles. The van der Waals surface area contributed by atoms with Crippen molar-refractivity contribution in [3.63, 3.8) is 0 Å². The first-order valence-corrected chi connectivity index (χ1v) is 5.14. The number of hydrogen-bond donors (Lipinski definition) is 0. The molecule has 16 heavy (non-hydrogen) atoms. The molecule has 1 fully saturated rings. The number of hydrogen-bond acceptors (Lipinski definition) is 3. The molecule has 0 aromatic heterocycles. The van der Waals surface area contributed by atoms with Crippen molar-refractivity contribution >= 4 is 11.8 Å². The zero-order valence-electron chi connectivity index (χ0n) is 8.73. The van der Waals surface area contributed by atoms with Gasteiger partial charge in [-0.05, 0) is 12.1 Å². The molecule has 5 heteroatoms. The highest BCUT2D eigenvalue weighted by Crippen LogP contribution is 2.19. The lowest BCUT2D eigenvalue weighted by molar-refractivity contribution is -0.265. The van der Waals surface area contributed by atoms with Gasteiger partial charge >= 0.3 is 0 Å². The van der Waals surface area contributed by atoms with E-state index in [1.165, 1.54) is 11.0 Å². The predicted octanol–water partition coefficient (Wildman–Crippen LogP) is 0.291. The van der Waals surface area contributed by atoms with Crippen LogP contribution in [-0.2, 0) is 0 Å². The topological polar surface area (TPSA) is 46.6 Å². The van der Waals surface area contributed by atoms with Crippen molar-refractivity contribution in [2.75, 3.05) is 31.1 Å². The van der Waals surface area contributed by atoms with Crippen molar-refractivity contribution in [1.29, 1.82) is 0 Å². The third kappa shape index (κ3) is 2.08. The largest absolute Gasteiger partial charge is 0.530 e. The first-order chi connectivity index (χ1) is 7.68. The normalized spacial score (nSPS) is 16.3. The quantitative estimate of drug-likeness (QED) is 0.687. The van der Waals surface area contributed by atoms with Gasteiger partial charge in [-0.2, -0.15) is 0 Å². The van der Waals surface area contributed by atoms with Crippen LogP contribution in [0, 0.1) is 5.82 Å². The fourth-order valence-electron chi connectivity index (χ4n) is 1.84. The Labute approximate surface area is 92.9 Å². The number of halogens is 1. The molecular weight excluding hydrogens is 211 g/mol. The van der Waals surface area contributed by atoms with Crippen LogP contribution in [0.1, 0.15) is 0 Å². The van der Waals surface area contributed by atoms with Crippen LogP contribution in [0.2, 0.25) is 0 Å². The molecule has 4 nitrogen and oxygen atoms in total. The van der Waals surface area contributed by atoms with Gasteiger partial charge in [0.2, 0.25) is 0 Å². The van der Waals surface area contributed by atoms with Crippen LogP contribution in [0.4, 0.5) is 14.9 Å². The Hall–Kier alpha value is -1.78. The Morgan fingerprint density at radius 1 is 1.19 bits per heavy atom. The Morgan fingerprint density at radius 2 is 1.81 bits per heavy atom. The second-order valence-electron chi connectivity index (χ2n) is 3.69. The van der Waals surface area contributed by atoms with Gasteiger partial charge in [0.1, 0.15) is 11.9 Å². The number of piperazine rings is 1. The third-order valence-corrected chi connectivity index (χ3v) is 2.73. The molecule has 2 rings (SSSR count). The van der Waals surface area contributed by atoms with Crippen molar-refractivity contribution in [1.82, 2.24) is 4.90 Å². The van der Waals surface area contributed by atoms with Gasteiger partial charge in [-0.3, -0.25) is 0 Å². The minimum Gasteiger partial charge on any atom is -0.530 e. The van der Waals surface area contributed by atoms with Gasteiger partial charge in [0.05, 0.1) is 5.69 Å². The number of carbonyl (C=O) groups is 1. The molecular formula is C11H12FN2O2-. The molecule has 1 aliphatic rings. The fourth-order valence-corrected chi connectivity index (χ4v) is 1.84. The summed E-state index contributed by atoms with van der Waals surface area (Å²) in [4.78, 5) is 13.7. The number of amides is 1. The molecule has 1 aromatic rings. The minimum atomic E-state index is -1.16. The highest BCUT2D eigenvalue weighted by molar-refractivity contribution is 5.63. The van der Waals surface area contributed by atoms with Crippen LogP contribution in [0.5, 0.6) is 0 Å². The molecule has 0 aliphatic carbocycles. The van der Waals surface area contributed by atoms with Crippen LogP contribution in [-0.4, -0.2) is 37.2 Å². The summed E-state index contributed by atoms with van der Waals surface area (Å²) in [5.41, 5.74) is 0.528. The van der Waals surface area contributed by atoms with Gasteiger partial charge in [0.25, 0.3) is 0 Å². The first-order valence-electron chi connectivity index (χ1n) is 5.14. The van der Waals surface area contributed by atoms with Crippen LogP contribution in [0.15, 0.2) is 24.3 Å². The van der Waals surface area contributed by atoms with Gasteiger partial charge in [-0.1, -0.05) is 12.1 Å². The molecule has 0 unspecified atom stereocenters. The van der Waals surface area contributed by atoms with E-state index in [1.807, 2.05) is 4.90 Å². The lowest BCUT2D eigenvalue weighted by atomic mass is 10.2. The van der Waals surface area contributed by atoms with E-state index in [4.69, 9.17) is 0 Å². The Kier molecular flexibility index (Phi) is 2.94. The number of anilines is 1. The van der Waals surface area contributed by atoms with Gasteiger partial charge in [-0.25, -0.2) is 4.39 Å². The lowest BCUT2D eigenvalue weighted by Gasteiger charge is -2.37. The molecule has 0 saturated carbocycles. The van der Waals surface area contributed by atoms with E-state index in [0.717, 1.165) is 0 Å². The summed E-state index contributed by atoms with van der Waals surface area (Å²) in [6, 6.07) is 6.50. The number of nitrogens with zero attached hydrogens (tertiary/aromatic N) is 2. The zero-order valence-corrected chi connectivity index (χ0v) is 8.73. The van der Waals surface area contributed by atoms with Gasteiger partial charge in [0.15, 0.2) is 0 Å². The van der Waals surface area contributed by atoms with Gasteiger partial charge < -0.3 is 19.7 Å². The summed E-state index contributed by atoms with van der Waals surface area (Å²) >= 11 is 0. The molecule has 0 N–H and O–H groups in total. The molecule has 0 bridgehead atoms. The van der Waals surface area contributed by atoms with Gasteiger partial charge in [-0.15, -0.1) is 0 Å². The Balaban J connectivity index is 2.05. The van der Waals surface area contributed by atoms with E-state index in [1.54, 1.807) is 18.2 Å². The monoisotopic (exact) mass is 223 g/mol. The zero-order chi connectivity index (χ0) is 11.5. The average Bonchev–Trinajstić information content (AvgIpc) is 2.30. The van der Waals surface area contributed by atoms with Crippen molar-refractivity contribution in [2.45, 2.75) is 0 Å². The molecule has 0 atom stereocenters. The summed E-state index contributed by atoms with van der Waals surface area (Å²) in [5.74, 6) is -0.274. The molecule has 1 aliphatic heterocycles. The Bertz CT molecular complexity index is 389. The number of rotatable bonds is 1. The summed E-state index contributed by atoms with van der Waals surface area (Å²) in [6.45, 7) is 1.71. The van der Waals surface area contributed by atoms with Crippen molar-refractivity contribution in [3.8, 4) is 0 Å². The maximum Gasteiger partial charge on any atom is 0.146 e. The second-order valence-corrected chi connectivity index (χ2v) is 3.69. The smallest absolute Gasteiger partial charge is 0.146 e. The standard InChI is InChI=1S/C11H13FN2O2/c12-9-3-1-2-4-10(9)13-5-7-14(8-6-13)11(15)16/h1-4H,5-8H2,(H,15,16)/p-1. The van der Waals surface area contributed by atoms with E-state index in [9.17, 15) is 14.3 Å². The molecule has 86 valence electrons. The molecule has 1 aromatic carbocycles. The number of carboxylic acid groups (broad SMARTS) is 1. The number of benzene rings is 1. The maximum atomic E-state index is 13.4. The van der Waals surface area contributed by atoms with Crippen molar-refractivity contribution in [2.24, 2.45) is 0 Å². The maximum absolute atomic E-state index is 13.4. The van der Waals surface area contributed by atoms with Crippen LogP contribution >= 0.6 is 0 Å². The van der Waals surface area contributed by atoms with Gasteiger partial charge in [0, 0.05) is 26.2 Å². The summed E-state index contributed by atoms with van der Waals surface area (Å²) in [6.07, 6.45) is -1.16. The van der Waals surface area contributed by atoms with Crippen LogP contribution < -0.4 is 10.0 Å². The van der Waals surface area contributed by atoms with E-state index in [0.29, 0.717) is 31.9 Å². The highest BCUT2D eigenvalue weighted by Gasteiger charge is 2.18. The first kappa shape index (κ1) is 10.7. The third-order valence-electron chi connectivity index (χ3n) is 2.73. The molecule has 0 spiro atoms. The molecule has 1 amide bonds. The second kappa shape index (κ2) is 4.38. The van der Waals surface area contributed by atoms with E-state index < -0.39 is 6.09 Å². The summed E-state index contributed by atoms with van der Waals surface area (Å²) in [5, 5.41) is 10.6. The molecule has 0 radical (unpaired) electrons. The van der Waals surface area contributed by atoms with Crippen LogP contribution in [0.3, 0.4) is 0 Å². The summed E-state index contributed by atoms with van der Waals surface area (Å²) in [7, 11) is 0. The van der Waals surface area contributed by atoms with Crippen molar-refractivity contribution in [3.05, 3.63) is 30.1 Å². The minimum absolute atomic E-state index is 0.274. The lowest BCUT2D eigenvalue weighted by Crippen LogP contribution is -2.52. The van der Waals surface area contributed by atoms with Crippen molar-refractivity contribution < 1.29 is 14.3 Å². The fraction of sp³-hybridized carbons (Fsp3) is 0.364. The van der Waals surface area contributed by atoms with E-state index in [2.05, 4.69) is 0 Å². The highest BCUT2D eigenvalue weighted by atomic mass is 19.1. The number of para-hydroxylation sites is 1. The van der Waals surface area contributed by atoms with Crippen LogP contribution in [0.25, 0.3) is 0 Å². The number of carbonyl (C=O) groups excluding carboxylic acids is 1.